The second kappa shape index (κ2) is 6.53. The fourth-order valence-corrected chi connectivity index (χ4v) is 2.63. The van der Waals surface area contributed by atoms with Gasteiger partial charge in [0.2, 0.25) is 5.78 Å². The molecule has 0 fully saturated rings. The zero-order valence-electron chi connectivity index (χ0n) is 11.3. The molecule has 1 aromatic carbocycles. The van der Waals surface area contributed by atoms with Crippen molar-refractivity contribution in [3.05, 3.63) is 51.7 Å². The number of Topliss-reactive ketones (excluding diaryl/α,β-unsaturated/α-hetero) is 1. The molecule has 0 N–H and O–H groups in total. The Hall–Kier alpha value is -1.61. The molecule has 0 bridgehead atoms. The van der Waals surface area contributed by atoms with Crippen LogP contribution >= 0.6 is 11.3 Å². The first-order valence-corrected chi connectivity index (χ1v) is 7.38. The predicted octanol–water partition coefficient (Wildman–Crippen LogP) is 4.13. The summed E-state index contributed by atoms with van der Waals surface area (Å²) in [6, 6.07) is 11.8. The van der Waals surface area contributed by atoms with Gasteiger partial charge in [0, 0.05) is 4.88 Å². The number of aryl methyl sites for hydroxylation is 2. The number of thiophene rings is 1. The molecule has 0 aliphatic heterocycles. The van der Waals surface area contributed by atoms with Crippen LogP contribution in [0.2, 0.25) is 0 Å². The van der Waals surface area contributed by atoms with Crippen molar-refractivity contribution in [3.8, 4) is 5.75 Å². The van der Waals surface area contributed by atoms with E-state index in [9.17, 15) is 4.79 Å². The van der Waals surface area contributed by atoms with Crippen LogP contribution in [0.1, 0.15) is 34.0 Å². The first kappa shape index (κ1) is 13.8. The number of carbonyl (C=O) groups excluding carboxylic acids is 1. The van der Waals surface area contributed by atoms with Gasteiger partial charge in [-0.15, -0.1) is 11.3 Å². The molecule has 0 aliphatic rings. The van der Waals surface area contributed by atoms with Crippen molar-refractivity contribution in [2.24, 2.45) is 0 Å². The third-order valence-corrected chi connectivity index (χ3v) is 4.26. The quantitative estimate of drug-likeness (QED) is 0.740. The van der Waals surface area contributed by atoms with E-state index in [0.717, 1.165) is 23.5 Å². The Kier molecular flexibility index (Phi) is 4.74. The maximum atomic E-state index is 12.0. The Morgan fingerprint density at radius 1 is 1.05 bits per heavy atom. The largest absolute Gasteiger partial charge is 0.485 e. The lowest BCUT2D eigenvalue weighted by atomic mass is 10.2. The average Bonchev–Trinajstić information content (AvgIpc) is 2.94. The lowest BCUT2D eigenvalue weighted by Gasteiger charge is -2.05. The number of hydrogen-bond acceptors (Lipinski definition) is 3. The van der Waals surface area contributed by atoms with Crippen LogP contribution < -0.4 is 4.74 Å². The first-order valence-electron chi connectivity index (χ1n) is 6.56. The van der Waals surface area contributed by atoms with Crippen LogP contribution in [0.3, 0.4) is 0 Å². The number of benzene rings is 1. The Labute approximate surface area is 118 Å². The molecule has 3 heteroatoms. The second-order valence-electron chi connectivity index (χ2n) is 4.33. The van der Waals surface area contributed by atoms with Crippen molar-refractivity contribution < 1.29 is 9.53 Å². The van der Waals surface area contributed by atoms with E-state index in [1.807, 2.05) is 36.4 Å². The Morgan fingerprint density at radius 2 is 1.79 bits per heavy atom. The monoisotopic (exact) mass is 274 g/mol. The van der Waals surface area contributed by atoms with Crippen LogP contribution in [-0.2, 0) is 12.8 Å². The van der Waals surface area contributed by atoms with E-state index >= 15 is 0 Å². The van der Waals surface area contributed by atoms with Gasteiger partial charge in [0.1, 0.15) is 5.75 Å². The molecule has 1 aromatic heterocycles. The van der Waals surface area contributed by atoms with E-state index in [1.165, 1.54) is 10.4 Å². The fourth-order valence-electron chi connectivity index (χ4n) is 1.76. The molecule has 2 aromatic rings. The van der Waals surface area contributed by atoms with Crippen LogP contribution in [0, 0.1) is 0 Å². The Morgan fingerprint density at radius 3 is 2.37 bits per heavy atom. The predicted molar refractivity (Wildman–Crippen MR) is 79.3 cm³/mol. The number of rotatable bonds is 6. The number of carbonyl (C=O) groups is 1. The molecule has 0 saturated heterocycles. The van der Waals surface area contributed by atoms with Gasteiger partial charge in [-0.1, -0.05) is 26.0 Å². The second-order valence-corrected chi connectivity index (χ2v) is 5.50. The van der Waals surface area contributed by atoms with Gasteiger partial charge in [0.05, 0.1) is 4.88 Å². The SMILES string of the molecule is CCc1ccc(OCC(=O)c2ccc(CC)s2)cc1. The molecular formula is C16H18O2S. The lowest BCUT2D eigenvalue weighted by Crippen LogP contribution is -2.10. The third kappa shape index (κ3) is 3.67. The Bertz CT molecular complexity index is 540. The van der Waals surface area contributed by atoms with E-state index in [-0.39, 0.29) is 12.4 Å². The highest BCUT2D eigenvalue weighted by atomic mass is 32.1. The number of ether oxygens (including phenoxy) is 1. The van der Waals surface area contributed by atoms with Crippen LogP contribution in [0.25, 0.3) is 0 Å². The fraction of sp³-hybridized carbons (Fsp3) is 0.312. The van der Waals surface area contributed by atoms with Crippen molar-refractivity contribution in [1.82, 2.24) is 0 Å². The molecule has 0 spiro atoms. The molecule has 2 rings (SSSR count). The van der Waals surface area contributed by atoms with Crippen molar-refractivity contribution in [2.45, 2.75) is 26.7 Å². The summed E-state index contributed by atoms with van der Waals surface area (Å²) in [7, 11) is 0. The molecule has 100 valence electrons. The summed E-state index contributed by atoms with van der Waals surface area (Å²) in [4.78, 5) is 14.0. The summed E-state index contributed by atoms with van der Waals surface area (Å²) >= 11 is 1.55. The molecule has 0 saturated carbocycles. The summed E-state index contributed by atoms with van der Waals surface area (Å²) in [5, 5.41) is 0. The molecule has 0 radical (unpaired) electrons. The normalized spacial score (nSPS) is 10.4. The van der Waals surface area contributed by atoms with Crippen LogP contribution in [-0.4, -0.2) is 12.4 Å². The van der Waals surface area contributed by atoms with Crippen LogP contribution in [0.5, 0.6) is 5.75 Å². The lowest BCUT2D eigenvalue weighted by molar-refractivity contribution is 0.0925. The van der Waals surface area contributed by atoms with Crippen molar-refractivity contribution in [2.75, 3.05) is 6.61 Å². The maximum absolute atomic E-state index is 12.0. The van der Waals surface area contributed by atoms with Crippen molar-refractivity contribution >= 4 is 17.1 Å². The molecule has 0 unspecified atom stereocenters. The van der Waals surface area contributed by atoms with E-state index in [4.69, 9.17) is 4.74 Å². The maximum Gasteiger partial charge on any atom is 0.210 e. The molecule has 0 amide bonds. The molecule has 19 heavy (non-hydrogen) atoms. The first-order chi connectivity index (χ1) is 9.22. The minimum atomic E-state index is 0.0456. The van der Waals surface area contributed by atoms with Gasteiger partial charge in [-0.2, -0.15) is 0 Å². The molecule has 0 atom stereocenters. The van der Waals surface area contributed by atoms with Crippen LogP contribution in [0.4, 0.5) is 0 Å². The molecule has 2 nitrogen and oxygen atoms in total. The van der Waals surface area contributed by atoms with E-state index < -0.39 is 0 Å². The van der Waals surface area contributed by atoms with Gasteiger partial charge in [-0.25, -0.2) is 0 Å². The highest BCUT2D eigenvalue weighted by Crippen LogP contribution is 2.18. The summed E-state index contributed by atoms with van der Waals surface area (Å²) in [5.74, 6) is 0.794. The van der Waals surface area contributed by atoms with E-state index in [0.29, 0.717) is 0 Å². The third-order valence-electron chi connectivity index (χ3n) is 2.99. The zero-order valence-corrected chi connectivity index (χ0v) is 12.1. The highest BCUT2D eigenvalue weighted by Gasteiger charge is 2.09. The van der Waals surface area contributed by atoms with Crippen LogP contribution in [0.15, 0.2) is 36.4 Å². The van der Waals surface area contributed by atoms with E-state index in [2.05, 4.69) is 13.8 Å². The molecular weight excluding hydrogens is 256 g/mol. The average molecular weight is 274 g/mol. The van der Waals surface area contributed by atoms with Gasteiger partial charge >= 0.3 is 0 Å². The smallest absolute Gasteiger partial charge is 0.210 e. The standard InChI is InChI=1S/C16H18O2S/c1-3-12-5-7-13(8-6-12)18-11-15(17)16-10-9-14(4-2)19-16/h5-10H,3-4,11H2,1-2H3. The topological polar surface area (TPSA) is 26.3 Å². The summed E-state index contributed by atoms with van der Waals surface area (Å²) in [6.07, 6.45) is 1.98. The zero-order chi connectivity index (χ0) is 13.7. The summed E-state index contributed by atoms with van der Waals surface area (Å²) in [6.45, 7) is 4.31. The van der Waals surface area contributed by atoms with Gasteiger partial charge in [0.15, 0.2) is 6.61 Å². The molecule has 1 heterocycles. The minimum absolute atomic E-state index is 0.0456. The van der Waals surface area contributed by atoms with Gasteiger partial charge < -0.3 is 4.74 Å². The van der Waals surface area contributed by atoms with Crippen molar-refractivity contribution in [1.29, 1.82) is 0 Å². The van der Waals surface area contributed by atoms with Gasteiger partial charge in [-0.3, -0.25) is 4.79 Å². The van der Waals surface area contributed by atoms with Gasteiger partial charge in [-0.05, 0) is 42.7 Å². The highest BCUT2D eigenvalue weighted by molar-refractivity contribution is 7.14. The van der Waals surface area contributed by atoms with Gasteiger partial charge in [0.25, 0.3) is 0 Å². The molecule has 0 aliphatic carbocycles. The number of ketones is 1. The Balaban J connectivity index is 1.92. The van der Waals surface area contributed by atoms with E-state index in [1.54, 1.807) is 11.3 Å². The van der Waals surface area contributed by atoms with Crippen molar-refractivity contribution in [3.63, 3.8) is 0 Å². The minimum Gasteiger partial charge on any atom is -0.485 e. The summed E-state index contributed by atoms with van der Waals surface area (Å²) in [5.41, 5.74) is 1.27. The summed E-state index contributed by atoms with van der Waals surface area (Å²) < 4.78 is 5.52. The number of hydrogen-bond donors (Lipinski definition) is 0.